The van der Waals surface area contributed by atoms with Crippen LogP contribution in [0.3, 0.4) is 0 Å². The molecule has 116 valence electrons. The summed E-state index contributed by atoms with van der Waals surface area (Å²) in [4.78, 5) is 22.8. The molecule has 0 saturated carbocycles. The van der Waals surface area contributed by atoms with Crippen LogP contribution < -0.4 is 10.1 Å². The molecule has 1 amide bonds. The predicted octanol–water partition coefficient (Wildman–Crippen LogP) is 0.988. The number of aryl methyl sites for hydroxylation is 2. The first-order valence-electron chi connectivity index (χ1n) is 6.64. The molecular formula is C15H21NO5. The molecule has 0 aromatic heterocycles. The van der Waals surface area contributed by atoms with E-state index in [9.17, 15) is 9.59 Å². The molecule has 0 aliphatic heterocycles. The molecule has 0 aliphatic rings. The lowest BCUT2D eigenvalue weighted by Crippen LogP contribution is -2.32. The summed E-state index contributed by atoms with van der Waals surface area (Å²) in [6.45, 7) is 4.08. The van der Waals surface area contributed by atoms with E-state index in [1.54, 1.807) is 0 Å². The van der Waals surface area contributed by atoms with Gasteiger partial charge in [-0.1, -0.05) is 12.1 Å². The fraction of sp³-hybridized carbons (Fsp3) is 0.467. The van der Waals surface area contributed by atoms with Crippen molar-refractivity contribution in [3.05, 3.63) is 29.3 Å². The Morgan fingerprint density at radius 1 is 1.19 bits per heavy atom. The highest BCUT2D eigenvalue weighted by Crippen LogP contribution is 2.18. The molecule has 1 rings (SSSR count). The zero-order valence-corrected chi connectivity index (χ0v) is 12.6. The quantitative estimate of drug-likeness (QED) is 0.572. The molecule has 0 saturated heterocycles. The Labute approximate surface area is 124 Å². The van der Waals surface area contributed by atoms with Gasteiger partial charge in [-0.15, -0.1) is 0 Å². The number of benzene rings is 1. The van der Waals surface area contributed by atoms with E-state index in [-0.39, 0.29) is 19.1 Å². The second-order valence-corrected chi connectivity index (χ2v) is 4.56. The number of esters is 1. The summed E-state index contributed by atoms with van der Waals surface area (Å²) in [5.74, 6) is -0.318. The van der Waals surface area contributed by atoms with Crippen molar-refractivity contribution in [1.29, 1.82) is 0 Å². The summed E-state index contributed by atoms with van der Waals surface area (Å²) < 4.78 is 15.0. The van der Waals surface area contributed by atoms with Crippen LogP contribution in [0, 0.1) is 13.8 Å². The number of hydrogen-bond donors (Lipinski definition) is 1. The van der Waals surface area contributed by atoms with Gasteiger partial charge in [0.2, 0.25) is 0 Å². The molecule has 1 aromatic carbocycles. The Kier molecular flexibility index (Phi) is 7.25. The molecule has 0 atom stereocenters. The van der Waals surface area contributed by atoms with E-state index in [1.165, 1.54) is 7.11 Å². The molecule has 0 bridgehead atoms. The van der Waals surface area contributed by atoms with Crippen molar-refractivity contribution in [2.24, 2.45) is 0 Å². The Morgan fingerprint density at radius 2 is 1.95 bits per heavy atom. The van der Waals surface area contributed by atoms with Crippen molar-refractivity contribution in [1.82, 2.24) is 5.32 Å². The van der Waals surface area contributed by atoms with Gasteiger partial charge in [0, 0.05) is 13.7 Å². The summed E-state index contributed by atoms with van der Waals surface area (Å²) in [5.41, 5.74) is 1.98. The maximum atomic E-state index is 11.5. The molecule has 0 aliphatic carbocycles. The van der Waals surface area contributed by atoms with Crippen LogP contribution in [-0.2, 0) is 19.1 Å². The highest BCUT2D eigenvalue weighted by molar-refractivity contribution is 5.80. The number of methoxy groups -OCH3 is 1. The van der Waals surface area contributed by atoms with Gasteiger partial charge in [-0.25, -0.2) is 4.79 Å². The Hall–Kier alpha value is -2.08. The van der Waals surface area contributed by atoms with Crippen molar-refractivity contribution in [3.8, 4) is 5.75 Å². The number of ether oxygens (including phenoxy) is 3. The number of hydrogen-bond acceptors (Lipinski definition) is 5. The van der Waals surface area contributed by atoms with Crippen LogP contribution >= 0.6 is 0 Å². The lowest BCUT2D eigenvalue weighted by Gasteiger charge is -2.10. The maximum absolute atomic E-state index is 11.5. The van der Waals surface area contributed by atoms with Gasteiger partial charge in [-0.2, -0.15) is 0 Å². The standard InChI is InChI=1S/C15H21NO5/c1-11-4-5-12(2)13(8-11)20-10-15(18)21-9-14(17)16-6-7-19-3/h4-5,8H,6-7,9-10H2,1-3H3,(H,16,17). The van der Waals surface area contributed by atoms with E-state index in [0.29, 0.717) is 18.9 Å². The van der Waals surface area contributed by atoms with Crippen LogP contribution in [0.4, 0.5) is 0 Å². The second kappa shape index (κ2) is 8.97. The fourth-order valence-electron chi connectivity index (χ4n) is 1.53. The number of carbonyl (C=O) groups excluding carboxylic acids is 2. The fourth-order valence-corrected chi connectivity index (χ4v) is 1.53. The summed E-state index contributed by atoms with van der Waals surface area (Å²) >= 11 is 0. The predicted molar refractivity (Wildman–Crippen MR) is 77.3 cm³/mol. The largest absolute Gasteiger partial charge is 0.482 e. The maximum Gasteiger partial charge on any atom is 0.344 e. The summed E-state index contributed by atoms with van der Waals surface area (Å²) in [7, 11) is 1.54. The van der Waals surface area contributed by atoms with Gasteiger partial charge in [0.05, 0.1) is 6.61 Å². The summed E-state index contributed by atoms with van der Waals surface area (Å²) in [6, 6.07) is 5.73. The van der Waals surface area contributed by atoms with Crippen LogP contribution in [0.5, 0.6) is 5.75 Å². The first kappa shape index (κ1) is 17.0. The van der Waals surface area contributed by atoms with E-state index < -0.39 is 5.97 Å². The normalized spacial score (nSPS) is 10.0. The highest BCUT2D eigenvalue weighted by Gasteiger charge is 2.09. The SMILES string of the molecule is COCCNC(=O)COC(=O)COc1cc(C)ccc1C. The van der Waals surface area contributed by atoms with Gasteiger partial charge < -0.3 is 19.5 Å². The van der Waals surface area contributed by atoms with E-state index in [0.717, 1.165) is 11.1 Å². The first-order valence-corrected chi connectivity index (χ1v) is 6.64. The minimum absolute atomic E-state index is 0.227. The van der Waals surface area contributed by atoms with Gasteiger partial charge in [0.15, 0.2) is 13.2 Å². The molecule has 0 spiro atoms. The van der Waals surface area contributed by atoms with E-state index in [2.05, 4.69) is 5.32 Å². The number of amides is 1. The Balaban J connectivity index is 2.28. The molecule has 0 heterocycles. The first-order chi connectivity index (χ1) is 10.0. The summed E-state index contributed by atoms with van der Waals surface area (Å²) in [6.07, 6.45) is 0. The van der Waals surface area contributed by atoms with Crippen molar-refractivity contribution < 1.29 is 23.8 Å². The lowest BCUT2D eigenvalue weighted by atomic mass is 10.1. The van der Waals surface area contributed by atoms with E-state index in [4.69, 9.17) is 14.2 Å². The van der Waals surface area contributed by atoms with Crippen LogP contribution in [-0.4, -0.2) is 45.4 Å². The molecule has 6 nitrogen and oxygen atoms in total. The third-order valence-electron chi connectivity index (χ3n) is 2.68. The van der Waals surface area contributed by atoms with Crippen LogP contribution in [0.25, 0.3) is 0 Å². The molecule has 0 fully saturated rings. The zero-order chi connectivity index (χ0) is 15.7. The number of nitrogens with one attached hydrogen (secondary N) is 1. The Morgan fingerprint density at radius 3 is 2.67 bits per heavy atom. The molecule has 21 heavy (non-hydrogen) atoms. The van der Waals surface area contributed by atoms with Gasteiger partial charge >= 0.3 is 5.97 Å². The van der Waals surface area contributed by atoms with Gasteiger partial charge in [0.1, 0.15) is 5.75 Å². The third kappa shape index (κ3) is 6.76. The number of carbonyl (C=O) groups is 2. The molecule has 6 heteroatoms. The van der Waals surface area contributed by atoms with Gasteiger partial charge in [-0.05, 0) is 31.0 Å². The second-order valence-electron chi connectivity index (χ2n) is 4.56. The van der Waals surface area contributed by atoms with Crippen LogP contribution in [0.2, 0.25) is 0 Å². The summed E-state index contributed by atoms with van der Waals surface area (Å²) in [5, 5.41) is 2.55. The molecule has 1 N–H and O–H groups in total. The van der Waals surface area contributed by atoms with Crippen LogP contribution in [0.1, 0.15) is 11.1 Å². The smallest absolute Gasteiger partial charge is 0.344 e. The molecular weight excluding hydrogens is 274 g/mol. The van der Waals surface area contributed by atoms with E-state index in [1.807, 2.05) is 32.0 Å². The Bertz CT molecular complexity index is 487. The topological polar surface area (TPSA) is 73.9 Å². The monoisotopic (exact) mass is 295 g/mol. The van der Waals surface area contributed by atoms with Crippen LogP contribution in [0.15, 0.2) is 18.2 Å². The zero-order valence-electron chi connectivity index (χ0n) is 12.6. The molecule has 0 radical (unpaired) electrons. The molecule has 0 unspecified atom stereocenters. The van der Waals surface area contributed by atoms with Crippen molar-refractivity contribution in [3.63, 3.8) is 0 Å². The average molecular weight is 295 g/mol. The highest BCUT2D eigenvalue weighted by atomic mass is 16.6. The number of rotatable bonds is 8. The van der Waals surface area contributed by atoms with Crippen molar-refractivity contribution in [2.45, 2.75) is 13.8 Å². The third-order valence-corrected chi connectivity index (χ3v) is 2.68. The average Bonchev–Trinajstić information content (AvgIpc) is 2.46. The molecule has 1 aromatic rings. The minimum atomic E-state index is -0.585. The van der Waals surface area contributed by atoms with E-state index >= 15 is 0 Å². The minimum Gasteiger partial charge on any atom is -0.482 e. The van der Waals surface area contributed by atoms with Crippen molar-refractivity contribution in [2.75, 3.05) is 33.5 Å². The van der Waals surface area contributed by atoms with Gasteiger partial charge in [-0.3, -0.25) is 4.79 Å². The van der Waals surface area contributed by atoms with Crippen molar-refractivity contribution >= 4 is 11.9 Å². The lowest BCUT2D eigenvalue weighted by molar-refractivity contribution is -0.150. The van der Waals surface area contributed by atoms with Gasteiger partial charge in [0.25, 0.3) is 5.91 Å².